The van der Waals surface area contributed by atoms with Crippen LogP contribution in [-0.2, 0) is 0 Å². The number of nitrogens with zero attached hydrogens (tertiary/aromatic N) is 1. The number of carbonyl (C=O) groups excluding carboxylic acids is 1. The van der Waals surface area contributed by atoms with Crippen LogP contribution in [0.4, 0.5) is 0 Å². The third-order valence-corrected chi connectivity index (χ3v) is 4.25. The Hall–Kier alpha value is -1.75. The molecule has 0 saturated carbocycles. The van der Waals surface area contributed by atoms with Gasteiger partial charge in [0.25, 0.3) is 5.91 Å². The second kappa shape index (κ2) is 5.32. The number of ether oxygens (including phenoxy) is 2. The van der Waals surface area contributed by atoms with E-state index in [1.165, 1.54) is 0 Å². The van der Waals surface area contributed by atoms with Gasteiger partial charge in [-0.1, -0.05) is 13.0 Å². The van der Waals surface area contributed by atoms with Crippen molar-refractivity contribution in [3.05, 3.63) is 23.8 Å². The molecule has 0 bridgehead atoms. The minimum Gasteiger partial charge on any atom is -0.454 e. The Morgan fingerprint density at radius 1 is 1.45 bits per heavy atom. The van der Waals surface area contributed by atoms with Crippen molar-refractivity contribution in [1.29, 1.82) is 0 Å². The normalized spacial score (nSPS) is 24.8. The number of piperidine rings is 1. The van der Waals surface area contributed by atoms with Gasteiger partial charge < -0.3 is 20.1 Å². The Morgan fingerprint density at radius 2 is 2.30 bits per heavy atom. The molecule has 5 heteroatoms. The standard InChI is InChI=1S/C15H20N2O3/c1-10-4-3-7-17(12(10)8-16)15(18)11-5-2-6-13-14(11)20-9-19-13/h2,5-6,10,12H,3-4,7-9,16H2,1H3/t10-,12+/m1/s1. The summed E-state index contributed by atoms with van der Waals surface area (Å²) in [5.74, 6) is 1.64. The molecule has 0 radical (unpaired) electrons. The molecule has 3 rings (SSSR count). The van der Waals surface area contributed by atoms with Gasteiger partial charge in [-0.15, -0.1) is 0 Å². The molecule has 1 fully saturated rings. The molecule has 0 aromatic heterocycles. The molecule has 0 unspecified atom stereocenters. The highest BCUT2D eigenvalue weighted by Gasteiger charge is 2.33. The van der Waals surface area contributed by atoms with E-state index in [0.717, 1.165) is 19.4 Å². The van der Waals surface area contributed by atoms with E-state index >= 15 is 0 Å². The van der Waals surface area contributed by atoms with Crippen LogP contribution in [0.1, 0.15) is 30.1 Å². The summed E-state index contributed by atoms with van der Waals surface area (Å²) in [6.45, 7) is 3.59. The summed E-state index contributed by atoms with van der Waals surface area (Å²) in [7, 11) is 0. The van der Waals surface area contributed by atoms with Crippen molar-refractivity contribution >= 4 is 5.91 Å². The van der Waals surface area contributed by atoms with E-state index < -0.39 is 0 Å². The van der Waals surface area contributed by atoms with Crippen LogP contribution in [-0.4, -0.2) is 36.7 Å². The Balaban J connectivity index is 1.90. The van der Waals surface area contributed by atoms with Gasteiger partial charge in [-0.25, -0.2) is 0 Å². The molecule has 0 aliphatic carbocycles. The third kappa shape index (κ3) is 2.12. The number of likely N-dealkylation sites (tertiary alicyclic amines) is 1. The van der Waals surface area contributed by atoms with Crippen LogP contribution >= 0.6 is 0 Å². The summed E-state index contributed by atoms with van der Waals surface area (Å²) in [6.07, 6.45) is 2.15. The second-order valence-corrected chi connectivity index (χ2v) is 5.46. The zero-order valence-corrected chi connectivity index (χ0v) is 11.7. The van der Waals surface area contributed by atoms with E-state index in [2.05, 4.69) is 6.92 Å². The number of fused-ring (bicyclic) bond motifs is 1. The van der Waals surface area contributed by atoms with Gasteiger partial charge in [0.15, 0.2) is 11.5 Å². The fourth-order valence-electron chi connectivity index (χ4n) is 3.11. The number of hydrogen-bond acceptors (Lipinski definition) is 4. The lowest BCUT2D eigenvalue weighted by atomic mass is 9.90. The highest BCUT2D eigenvalue weighted by molar-refractivity contribution is 5.98. The molecule has 20 heavy (non-hydrogen) atoms. The van der Waals surface area contributed by atoms with Gasteiger partial charge in [0.2, 0.25) is 6.79 Å². The molecule has 0 spiro atoms. The summed E-state index contributed by atoms with van der Waals surface area (Å²) in [5, 5.41) is 0. The summed E-state index contributed by atoms with van der Waals surface area (Å²) in [6, 6.07) is 5.54. The van der Waals surface area contributed by atoms with Crippen molar-refractivity contribution in [3.8, 4) is 11.5 Å². The molecule has 2 atom stereocenters. The molecule has 1 saturated heterocycles. The first-order valence-corrected chi connectivity index (χ1v) is 7.12. The first kappa shape index (κ1) is 13.2. The highest BCUT2D eigenvalue weighted by atomic mass is 16.7. The Bertz CT molecular complexity index is 518. The number of benzene rings is 1. The molecular weight excluding hydrogens is 256 g/mol. The van der Waals surface area contributed by atoms with Crippen molar-refractivity contribution in [3.63, 3.8) is 0 Å². The fraction of sp³-hybridized carbons (Fsp3) is 0.533. The molecule has 1 aromatic rings. The zero-order chi connectivity index (χ0) is 14.1. The van der Waals surface area contributed by atoms with E-state index in [-0.39, 0.29) is 18.7 Å². The first-order chi connectivity index (χ1) is 9.72. The zero-order valence-electron chi connectivity index (χ0n) is 11.7. The molecule has 108 valence electrons. The van der Waals surface area contributed by atoms with Crippen LogP contribution in [0, 0.1) is 5.92 Å². The summed E-state index contributed by atoms with van der Waals surface area (Å²) in [5.41, 5.74) is 6.44. The lowest BCUT2D eigenvalue weighted by Crippen LogP contribution is -2.51. The first-order valence-electron chi connectivity index (χ1n) is 7.12. The molecule has 2 aliphatic heterocycles. The van der Waals surface area contributed by atoms with E-state index in [0.29, 0.717) is 29.5 Å². The lowest BCUT2D eigenvalue weighted by molar-refractivity contribution is 0.0528. The minimum atomic E-state index is -0.00523. The second-order valence-electron chi connectivity index (χ2n) is 5.46. The number of rotatable bonds is 2. The Labute approximate surface area is 118 Å². The van der Waals surface area contributed by atoms with Crippen molar-refractivity contribution in [2.24, 2.45) is 11.7 Å². The van der Waals surface area contributed by atoms with E-state index in [4.69, 9.17) is 15.2 Å². The van der Waals surface area contributed by atoms with Crippen molar-refractivity contribution < 1.29 is 14.3 Å². The Kier molecular flexibility index (Phi) is 3.53. The van der Waals surface area contributed by atoms with Crippen LogP contribution in [0.5, 0.6) is 11.5 Å². The van der Waals surface area contributed by atoms with Crippen LogP contribution in [0.15, 0.2) is 18.2 Å². The molecule has 2 N–H and O–H groups in total. The molecular formula is C15H20N2O3. The highest BCUT2D eigenvalue weighted by Crippen LogP contribution is 2.37. The largest absolute Gasteiger partial charge is 0.454 e. The van der Waals surface area contributed by atoms with E-state index in [1.807, 2.05) is 17.0 Å². The molecule has 5 nitrogen and oxygen atoms in total. The van der Waals surface area contributed by atoms with Gasteiger partial charge in [-0.2, -0.15) is 0 Å². The predicted octanol–water partition coefficient (Wildman–Crippen LogP) is 1.61. The Morgan fingerprint density at radius 3 is 3.10 bits per heavy atom. The summed E-state index contributed by atoms with van der Waals surface area (Å²) >= 11 is 0. The number of para-hydroxylation sites is 1. The fourth-order valence-corrected chi connectivity index (χ4v) is 3.11. The number of hydrogen-bond donors (Lipinski definition) is 1. The van der Waals surface area contributed by atoms with Crippen molar-refractivity contribution in [2.45, 2.75) is 25.8 Å². The van der Waals surface area contributed by atoms with E-state index in [9.17, 15) is 4.79 Å². The minimum absolute atomic E-state index is 0.00523. The van der Waals surface area contributed by atoms with Gasteiger partial charge in [-0.05, 0) is 30.9 Å². The number of carbonyl (C=O) groups is 1. The van der Waals surface area contributed by atoms with Crippen LogP contribution in [0.3, 0.4) is 0 Å². The van der Waals surface area contributed by atoms with Crippen molar-refractivity contribution in [2.75, 3.05) is 19.9 Å². The van der Waals surface area contributed by atoms with Crippen LogP contribution < -0.4 is 15.2 Å². The molecule has 2 aliphatic rings. The van der Waals surface area contributed by atoms with Gasteiger partial charge in [-0.3, -0.25) is 4.79 Å². The van der Waals surface area contributed by atoms with Gasteiger partial charge in [0.05, 0.1) is 5.56 Å². The maximum Gasteiger partial charge on any atom is 0.258 e. The van der Waals surface area contributed by atoms with Crippen LogP contribution in [0.2, 0.25) is 0 Å². The average Bonchev–Trinajstić information content (AvgIpc) is 2.94. The van der Waals surface area contributed by atoms with Gasteiger partial charge >= 0.3 is 0 Å². The lowest BCUT2D eigenvalue weighted by Gasteiger charge is -2.39. The molecule has 1 amide bonds. The van der Waals surface area contributed by atoms with Crippen molar-refractivity contribution in [1.82, 2.24) is 4.90 Å². The third-order valence-electron chi connectivity index (χ3n) is 4.25. The predicted molar refractivity (Wildman–Crippen MR) is 74.8 cm³/mol. The summed E-state index contributed by atoms with van der Waals surface area (Å²) < 4.78 is 10.8. The molecule has 2 heterocycles. The summed E-state index contributed by atoms with van der Waals surface area (Å²) in [4.78, 5) is 14.7. The van der Waals surface area contributed by atoms with Crippen LogP contribution in [0.25, 0.3) is 0 Å². The maximum atomic E-state index is 12.8. The number of amides is 1. The quantitative estimate of drug-likeness (QED) is 0.891. The smallest absolute Gasteiger partial charge is 0.258 e. The monoisotopic (exact) mass is 276 g/mol. The SMILES string of the molecule is C[C@@H]1CCCN(C(=O)c2cccc3c2OCO3)[C@H]1CN. The van der Waals surface area contributed by atoms with Gasteiger partial charge in [0, 0.05) is 19.1 Å². The topological polar surface area (TPSA) is 64.8 Å². The average molecular weight is 276 g/mol. The maximum absolute atomic E-state index is 12.8. The number of nitrogens with two attached hydrogens (primary N) is 1. The van der Waals surface area contributed by atoms with Gasteiger partial charge in [0.1, 0.15) is 0 Å². The molecule has 1 aromatic carbocycles. The van der Waals surface area contributed by atoms with E-state index in [1.54, 1.807) is 6.07 Å².